The highest BCUT2D eigenvalue weighted by molar-refractivity contribution is 6.31. The van der Waals surface area contributed by atoms with Gasteiger partial charge in [-0.2, -0.15) is 0 Å². The lowest BCUT2D eigenvalue weighted by Crippen LogP contribution is -2.39. The summed E-state index contributed by atoms with van der Waals surface area (Å²) in [6.45, 7) is -0.271. The van der Waals surface area contributed by atoms with Gasteiger partial charge in [-0.05, 0) is 24.6 Å². The summed E-state index contributed by atoms with van der Waals surface area (Å²) in [5, 5.41) is 3.03. The molecule has 2 fully saturated rings. The number of carbonyl (C=O) groups is 3. The summed E-state index contributed by atoms with van der Waals surface area (Å²) in [7, 11) is 0. The number of hydrogen-bond donors (Lipinski definition) is 2. The van der Waals surface area contributed by atoms with Crippen LogP contribution in [0.5, 0.6) is 0 Å². The highest BCUT2D eigenvalue weighted by Gasteiger charge is 2.59. The summed E-state index contributed by atoms with van der Waals surface area (Å²) in [5.41, 5.74) is 6.45. The molecular formula is C13H12ClN3O3. The number of nitrogens with one attached hydrogen (secondary N) is 1. The van der Waals surface area contributed by atoms with Gasteiger partial charge in [0.2, 0.25) is 17.7 Å². The Hall–Kier alpha value is -2.08. The minimum absolute atomic E-state index is 0.198. The molecule has 1 aliphatic carbocycles. The lowest BCUT2D eigenvalue weighted by Gasteiger charge is -2.16. The summed E-state index contributed by atoms with van der Waals surface area (Å²) < 4.78 is 0. The lowest BCUT2D eigenvalue weighted by atomic mass is 10.2. The molecule has 1 heterocycles. The number of hydrogen-bond acceptors (Lipinski definition) is 4. The number of nitrogens with two attached hydrogens (primary N) is 1. The molecule has 1 saturated heterocycles. The second-order valence-electron chi connectivity index (χ2n) is 4.99. The fraction of sp³-hybridized carbons (Fsp3) is 0.308. The van der Waals surface area contributed by atoms with Gasteiger partial charge >= 0.3 is 0 Å². The molecule has 2 aliphatic rings. The molecule has 3 amide bonds. The molecule has 20 heavy (non-hydrogen) atoms. The second kappa shape index (κ2) is 4.49. The largest absolute Gasteiger partial charge is 0.397 e. The fourth-order valence-corrected chi connectivity index (χ4v) is 2.57. The number of benzene rings is 1. The summed E-state index contributed by atoms with van der Waals surface area (Å²) in [5.74, 6) is -1.35. The molecule has 1 aromatic carbocycles. The molecule has 0 aromatic heterocycles. The topological polar surface area (TPSA) is 92.5 Å². The number of fused-ring (bicyclic) bond motifs is 1. The number of nitrogen functional groups attached to an aromatic ring is 1. The van der Waals surface area contributed by atoms with E-state index in [4.69, 9.17) is 17.3 Å². The van der Waals surface area contributed by atoms with Gasteiger partial charge in [-0.1, -0.05) is 11.6 Å². The van der Waals surface area contributed by atoms with E-state index in [1.165, 1.54) is 6.07 Å². The van der Waals surface area contributed by atoms with E-state index in [9.17, 15) is 14.4 Å². The molecule has 0 bridgehead atoms. The van der Waals surface area contributed by atoms with E-state index in [0.29, 0.717) is 22.8 Å². The van der Waals surface area contributed by atoms with Gasteiger partial charge in [0.15, 0.2) is 0 Å². The van der Waals surface area contributed by atoms with Gasteiger partial charge in [-0.3, -0.25) is 19.3 Å². The number of imide groups is 1. The zero-order valence-corrected chi connectivity index (χ0v) is 11.2. The molecule has 1 aromatic rings. The van der Waals surface area contributed by atoms with E-state index >= 15 is 0 Å². The summed E-state index contributed by atoms with van der Waals surface area (Å²) >= 11 is 5.76. The molecule has 2 unspecified atom stereocenters. The zero-order chi connectivity index (χ0) is 14.4. The van der Waals surface area contributed by atoms with E-state index in [1.54, 1.807) is 12.1 Å². The second-order valence-corrected chi connectivity index (χ2v) is 5.43. The Morgan fingerprint density at radius 2 is 2.00 bits per heavy atom. The first-order valence-electron chi connectivity index (χ1n) is 6.17. The van der Waals surface area contributed by atoms with E-state index in [-0.39, 0.29) is 30.2 Å². The number of nitrogens with zero attached hydrogens (tertiary/aromatic N) is 1. The Labute approximate surface area is 119 Å². The minimum Gasteiger partial charge on any atom is -0.397 e. The Bertz CT molecular complexity index is 611. The smallest absolute Gasteiger partial charge is 0.244 e. The first kappa shape index (κ1) is 12.9. The maximum atomic E-state index is 11.9. The quantitative estimate of drug-likeness (QED) is 0.639. The normalized spacial score (nSPS) is 23.8. The molecule has 1 saturated carbocycles. The number of anilines is 2. The van der Waals surface area contributed by atoms with Crippen molar-refractivity contribution < 1.29 is 14.4 Å². The Morgan fingerprint density at radius 3 is 2.60 bits per heavy atom. The molecule has 1 aliphatic heterocycles. The molecule has 7 heteroatoms. The number of piperidine rings is 1. The van der Waals surface area contributed by atoms with Gasteiger partial charge in [0, 0.05) is 5.02 Å². The predicted molar refractivity (Wildman–Crippen MR) is 72.8 cm³/mol. The maximum absolute atomic E-state index is 11.9. The van der Waals surface area contributed by atoms with Crippen molar-refractivity contribution in [3.8, 4) is 0 Å². The van der Waals surface area contributed by atoms with Crippen LogP contribution < -0.4 is 11.1 Å². The first-order valence-corrected chi connectivity index (χ1v) is 6.55. The van der Waals surface area contributed by atoms with Gasteiger partial charge in [0.05, 0.1) is 23.2 Å². The van der Waals surface area contributed by atoms with E-state index in [0.717, 1.165) is 4.90 Å². The van der Waals surface area contributed by atoms with Crippen LogP contribution in [0.25, 0.3) is 0 Å². The molecular weight excluding hydrogens is 282 g/mol. The van der Waals surface area contributed by atoms with Gasteiger partial charge in [0.25, 0.3) is 0 Å². The highest BCUT2D eigenvalue weighted by Crippen LogP contribution is 2.46. The summed E-state index contributed by atoms with van der Waals surface area (Å²) in [6, 6.07) is 4.67. The predicted octanol–water partition coefficient (Wildman–Crippen LogP) is 0.866. The standard InChI is InChI=1S/C13H12ClN3O3/c14-6-1-2-10(9(15)3-6)16-11(18)5-17-12(19)7-4-8(7)13(17)20/h1-3,7-8H,4-5,15H2,(H,16,18). The number of rotatable bonds is 3. The van der Waals surface area contributed by atoms with Crippen LogP contribution in [0.15, 0.2) is 18.2 Å². The van der Waals surface area contributed by atoms with Crippen LogP contribution in [-0.2, 0) is 14.4 Å². The average Bonchev–Trinajstić information content (AvgIpc) is 3.13. The van der Waals surface area contributed by atoms with Crippen molar-refractivity contribution in [2.24, 2.45) is 11.8 Å². The molecule has 0 radical (unpaired) electrons. The number of likely N-dealkylation sites (tertiary alicyclic amines) is 1. The van der Waals surface area contributed by atoms with Crippen molar-refractivity contribution in [3.63, 3.8) is 0 Å². The summed E-state index contributed by atoms with van der Waals surface area (Å²) in [4.78, 5) is 36.4. The van der Waals surface area contributed by atoms with E-state index in [2.05, 4.69) is 5.32 Å². The Balaban J connectivity index is 1.65. The van der Waals surface area contributed by atoms with Crippen molar-refractivity contribution in [3.05, 3.63) is 23.2 Å². The number of carbonyl (C=O) groups excluding carboxylic acids is 3. The monoisotopic (exact) mass is 293 g/mol. The molecule has 3 rings (SSSR count). The highest BCUT2D eigenvalue weighted by atomic mass is 35.5. The number of amides is 3. The van der Waals surface area contributed by atoms with Gasteiger partial charge in [-0.15, -0.1) is 0 Å². The van der Waals surface area contributed by atoms with Crippen LogP contribution in [0.4, 0.5) is 11.4 Å². The van der Waals surface area contributed by atoms with Gasteiger partial charge in [-0.25, -0.2) is 0 Å². The number of halogens is 1. The minimum atomic E-state index is -0.456. The van der Waals surface area contributed by atoms with Crippen molar-refractivity contribution in [1.29, 1.82) is 0 Å². The van der Waals surface area contributed by atoms with Crippen LogP contribution in [0, 0.1) is 11.8 Å². The van der Waals surface area contributed by atoms with Crippen LogP contribution in [0.2, 0.25) is 5.02 Å². The third-order valence-electron chi connectivity index (χ3n) is 3.55. The fourth-order valence-electron chi connectivity index (χ4n) is 2.39. The van der Waals surface area contributed by atoms with Crippen LogP contribution in [0.3, 0.4) is 0 Å². The molecule has 6 nitrogen and oxygen atoms in total. The van der Waals surface area contributed by atoms with Crippen molar-refractivity contribution >= 4 is 40.7 Å². The zero-order valence-electron chi connectivity index (χ0n) is 10.4. The van der Waals surface area contributed by atoms with Crippen molar-refractivity contribution in [2.75, 3.05) is 17.6 Å². The molecule has 104 valence electrons. The van der Waals surface area contributed by atoms with Crippen molar-refractivity contribution in [1.82, 2.24) is 4.90 Å². The van der Waals surface area contributed by atoms with Gasteiger partial charge in [0.1, 0.15) is 6.54 Å². The van der Waals surface area contributed by atoms with Crippen LogP contribution in [-0.4, -0.2) is 29.2 Å². The van der Waals surface area contributed by atoms with Crippen molar-refractivity contribution in [2.45, 2.75) is 6.42 Å². The molecule has 3 N–H and O–H groups in total. The maximum Gasteiger partial charge on any atom is 0.244 e. The summed E-state index contributed by atoms with van der Waals surface area (Å²) in [6.07, 6.45) is 0.625. The third kappa shape index (κ3) is 2.12. The Morgan fingerprint density at radius 1 is 1.35 bits per heavy atom. The lowest BCUT2D eigenvalue weighted by molar-refractivity contribution is -0.143. The van der Waals surface area contributed by atoms with E-state index in [1.807, 2.05) is 0 Å². The van der Waals surface area contributed by atoms with Crippen LogP contribution >= 0.6 is 11.6 Å². The van der Waals surface area contributed by atoms with Gasteiger partial charge < -0.3 is 11.1 Å². The Kier molecular flexibility index (Phi) is 2.90. The third-order valence-corrected chi connectivity index (χ3v) is 3.78. The molecule has 2 atom stereocenters. The molecule has 0 spiro atoms. The first-order chi connectivity index (χ1) is 9.47. The van der Waals surface area contributed by atoms with Crippen LogP contribution in [0.1, 0.15) is 6.42 Å². The SMILES string of the molecule is Nc1cc(Cl)ccc1NC(=O)CN1C(=O)C2CC2C1=O. The average molecular weight is 294 g/mol. The van der Waals surface area contributed by atoms with E-state index < -0.39 is 5.91 Å².